The molecule has 1 aliphatic heterocycles. The van der Waals surface area contributed by atoms with Crippen LogP contribution in [0.3, 0.4) is 0 Å². The van der Waals surface area contributed by atoms with Gasteiger partial charge in [-0.25, -0.2) is 4.79 Å². The highest BCUT2D eigenvalue weighted by atomic mass is 16.6. The van der Waals surface area contributed by atoms with Crippen molar-refractivity contribution in [2.45, 2.75) is 38.5 Å². The van der Waals surface area contributed by atoms with Crippen LogP contribution in [0.15, 0.2) is 77.1 Å². The second-order valence-electron chi connectivity index (χ2n) is 7.99. The van der Waals surface area contributed by atoms with Gasteiger partial charge in [0.05, 0.1) is 17.1 Å². The fraction of sp³-hybridized carbons (Fsp3) is 0.280. The van der Waals surface area contributed by atoms with E-state index in [-0.39, 0.29) is 18.1 Å². The van der Waals surface area contributed by atoms with Crippen LogP contribution in [0.4, 0.5) is 5.69 Å². The molecule has 0 unspecified atom stereocenters. The third kappa shape index (κ3) is 4.32. The third-order valence-electron chi connectivity index (χ3n) is 5.88. The smallest absolute Gasteiger partial charge is 0.336 e. The first kappa shape index (κ1) is 21.5. The van der Waals surface area contributed by atoms with Gasteiger partial charge >= 0.3 is 5.97 Å². The summed E-state index contributed by atoms with van der Waals surface area (Å²) in [6, 6.07) is 15.8. The van der Waals surface area contributed by atoms with E-state index in [0.717, 1.165) is 17.7 Å². The van der Waals surface area contributed by atoms with Gasteiger partial charge in [-0.15, -0.1) is 0 Å². The molecule has 0 bridgehead atoms. The van der Waals surface area contributed by atoms with Crippen molar-refractivity contribution in [2.75, 3.05) is 6.61 Å². The zero-order valence-electron chi connectivity index (χ0n) is 17.8. The minimum atomic E-state index is -0.692. The Morgan fingerprint density at radius 2 is 1.94 bits per heavy atom. The summed E-state index contributed by atoms with van der Waals surface area (Å²) < 4.78 is 5.60. The molecule has 1 atom stereocenters. The highest BCUT2D eigenvalue weighted by molar-refractivity contribution is 6.03. The monoisotopic (exact) mass is 432 g/mol. The number of hydrogen-bond acceptors (Lipinski definition) is 6. The molecule has 1 N–H and O–H groups in total. The topological polar surface area (TPSA) is 98.5 Å². The molecule has 0 fully saturated rings. The summed E-state index contributed by atoms with van der Waals surface area (Å²) in [5.41, 5.74) is 3.75. The second-order valence-corrected chi connectivity index (χ2v) is 7.99. The molecule has 7 heteroatoms. The summed E-state index contributed by atoms with van der Waals surface area (Å²) in [6.45, 7) is 1.97. The van der Waals surface area contributed by atoms with Gasteiger partial charge in [0.15, 0.2) is 5.78 Å². The van der Waals surface area contributed by atoms with Gasteiger partial charge in [0.2, 0.25) is 0 Å². The lowest BCUT2D eigenvalue weighted by Crippen LogP contribution is -2.34. The number of nitrogens with zero attached hydrogens (tertiary/aromatic N) is 1. The van der Waals surface area contributed by atoms with Crippen molar-refractivity contribution in [2.24, 2.45) is 0 Å². The Morgan fingerprint density at radius 3 is 2.69 bits per heavy atom. The number of benzene rings is 2. The second kappa shape index (κ2) is 9.18. The Hall–Kier alpha value is -3.74. The van der Waals surface area contributed by atoms with Crippen molar-refractivity contribution in [1.29, 1.82) is 0 Å². The van der Waals surface area contributed by atoms with E-state index in [1.807, 2.05) is 30.3 Å². The van der Waals surface area contributed by atoms with Crippen molar-refractivity contribution in [1.82, 2.24) is 5.32 Å². The van der Waals surface area contributed by atoms with Crippen LogP contribution in [0.25, 0.3) is 0 Å². The average molecular weight is 432 g/mol. The van der Waals surface area contributed by atoms with E-state index in [1.165, 1.54) is 12.1 Å². The lowest BCUT2D eigenvalue weighted by molar-refractivity contribution is -0.384. The highest BCUT2D eigenvalue weighted by Crippen LogP contribution is 2.43. The number of ether oxygens (including phenoxy) is 1. The van der Waals surface area contributed by atoms with Crippen molar-refractivity contribution >= 4 is 17.4 Å². The van der Waals surface area contributed by atoms with Gasteiger partial charge in [0.1, 0.15) is 0 Å². The maximum Gasteiger partial charge on any atom is 0.336 e. The van der Waals surface area contributed by atoms with Gasteiger partial charge in [-0.2, -0.15) is 0 Å². The van der Waals surface area contributed by atoms with Gasteiger partial charge in [-0.05, 0) is 30.9 Å². The van der Waals surface area contributed by atoms with Crippen LogP contribution in [0.5, 0.6) is 0 Å². The lowest BCUT2D eigenvalue weighted by atomic mass is 9.75. The minimum Gasteiger partial charge on any atom is -0.462 e. The Balaban J connectivity index is 1.67. The maximum absolute atomic E-state index is 13.2. The predicted octanol–water partition coefficient (Wildman–Crippen LogP) is 4.35. The summed E-state index contributed by atoms with van der Waals surface area (Å²) in [5, 5.41) is 14.6. The number of allylic oxidation sites excluding steroid dienone is 3. The summed E-state index contributed by atoms with van der Waals surface area (Å²) >= 11 is 0. The molecule has 2 aliphatic rings. The first-order chi connectivity index (χ1) is 15.5. The molecule has 0 amide bonds. The molecular weight excluding hydrogens is 408 g/mol. The number of nitro groups is 1. The number of Topliss-reactive ketones (excluding diaryl/α,β-unsaturated/α-hetero) is 1. The molecule has 0 spiro atoms. The maximum atomic E-state index is 13.2. The predicted molar refractivity (Wildman–Crippen MR) is 119 cm³/mol. The van der Waals surface area contributed by atoms with Crippen LogP contribution < -0.4 is 5.32 Å². The normalized spacial score (nSPS) is 18.2. The van der Waals surface area contributed by atoms with Crippen LogP contribution in [-0.2, 0) is 20.7 Å². The summed E-state index contributed by atoms with van der Waals surface area (Å²) in [6.07, 6.45) is 2.39. The van der Waals surface area contributed by atoms with Crippen molar-refractivity contribution in [3.05, 3.63) is 98.4 Å². The van der Waals surface area contributed by atoms with Gasteiger partial charge in [0.25, 0.3) is 5.69 Å². The Labute approximate surface area is 185 Å². The first-order valence-corrected chi connectivity index (χ1v) is 10.6. The van der Waals surface area contributed by atoms with E-state index in [2.05, 4.69) is 5.32 Å². The van der Waals surface area contributed by atoms with Crippen molar-refractivity contribution < 1.29 is 19.2 Å². The molecule has 2 aromatic carbocycles. The van der Waals surface area contributed by atoms with E-state index >= 15 is 0 Å². The number of esters is 1. The Bertz CT molecular complexity index is 1130. The molecule has 1 heterocycles. The largest absolute Gasteiger partial charge is 0.462 e. The lowest BCUT2D eigenvalue weighted by Gasteiger charge is -2.34. The van der Waals surface area contributed by atoms with Crippen LogP contribution in [0.1, 0.15) is 43.2 Å². The van der Waals surface area contributed by atoms with Crippen molar-refractivity contribution in [3.63, 3.8) is 0 Å². The molecule has 164 valence electrons. The van der Waals surface area contributed by atoms with Crippen LogP contribution in [0.2, 0.25) is 0 Å². The fourth-order valence-corrected chi connectivity index (χ4v) is 4.39. The molecule has 0 radical (unpaired) electrons. The van der Waals surface area contributed by atoms with Crippen molar-refractivity contribution in [3.8, 4) is 0 Å². The molecule has 4 rings (SSSR count). The van der Waals surface area contributed by atoms with E-state index < -0.39 is 16.8 Å². The number of rotatable bonds is 6. The van der Waals surface area contributed by atoms with Gasteiger partial charge in [-0.3, -0.25) is 14.9 Å². The molecule has 2 aromatic rings. The number of non-ortho nitro benzene ring substituents is 1. The van der Waals surface area contributed by atoms with E-state index in [9.17, 15) is 19.7 Å². The summed E-state index contributed by atoms with van der Waals surface area (Å²) in [4.78, 5) is 37.0. The van der Waals surface area contributed by atoms with Crippen LogP contribution in [-0.4, -0.2) is 23.3 Å². The zero-order chi connectivity index (χ0) is 22.7. The number of nitrogens with one attached hydrogen (secondary N) is 1. The van der Waals surface area contributed by atoms with E-state index in [0.29, 0.717) is 41.7 Å². The van der Waals surface area contributed by atoms with E-state index in [4.69, 9.17) is 4.74 Å². The molecule has 0 saturated carbocycles. The van der Waals surface area contributed by atoms with Crippen LogP contribution in [0, 0.1) is 10.1 Å². The summed E-state index contributed by atoms with van der Waals surface area (Å²) in [5.74, 6) is -1.26. The van der Waals surface area contributed by atoms with Crippen LogP contribution >= 0.6 is 0 Å². The quantitative estimate of drug-likeness (QED) is 0.414. The Kier molecular flexibility index (Phi) is 6.16. The number of carbonyl (C=O) groups is 2. The van der Waals surface area contributed by atoms with Gasteiger partial charge in [-0.1, -0.05) is 42.5 Å². The standard InChI is InChI=1S/C25H24N2O5/c1-16-22(25(29)32-14-13-17-7-3-2-4-8-17)23(18-9-5-10-19(15-18)27(30)31)24-20(26-16)11-6-12-21(24)28/h2-5,7-10,15,23,26H,6,11-14H2,1H3/t23-/m1/s1. The third-order valence-corrected chi connectivity index (χ3v) is 5.88. The molecule has 1 aliphatic carbocycles. The SMILES string of the molecule is CC1=C(C(=O)OCCc2ccccc2)[C@@H](c2cccc([N+](=O)[O-])c2)C2=C(CCCC2=O)N1. The number of hydrogen-bond donors (Lipinski definition) is 1. The number of ketones is 1. The summed E-state index contributed by atoms with van der Waals surface area (Å²) in [7, 11) is 0. The zero-order valence-corrected chi connectivity index (χ0v) is 17.8. The Morgan fingerprint density at radius 1 is 1.16 bits per heavy atom. The molecular formula is C25H24N2O5. The van der Waals surface area contributed by atoms with E-state index in [1.54, 1.807) is 19.1 Å². The van der Waals surface area contributed by atoms with Gasteiger partial charge < -0.3 is 10.1 Å². The molecule has 32 heavy (non-hydrogen) atoms. The highest BCUT2D eigenvalue weighted by Gasteiger charge is 2.39. The van der Waals surface area contributed by atoms with Gasteiger partial charge in [0, 0.05) is 47.9 Å². The molecule has 0 saturated heterocycles. The number of nitro benzene ring substituents is 1. The fourth-order valence-electron chi connectivity index (χ4n) is 4.39. The minimum absolute atomic E-state index is 0.0441. The number of dihydropyridines is 1. The molecule has 7 nitrogen and oxygen atoms in total. The first-order valence-electron chi connectivity index (χ1n) is 10.6. The molecule has 0 aromatic heterocycles. The average Bonchev–Trinajstić information content (AvgIpc) is 2.79. The number of carbonyl (C=O) groups excluding carboxylic acids is 2.